The molecule has 3 heterocycles. The minimum atomic E-state index is -3.45. The number of benzene rings is 1. The number of sulfone groups is 1. The second-order valence-electron chi connectivity index (χ2n) is 7.48. The molecule has 2 N–H and O–H groups in total. The molecule has 6 nitrogen and oxygen atoms in total. The molecule has 0 bridgehead atoms. The maximum absolute atomic E-state index is 12.8. The van der Waals surface area contributed by atoms with Crippen LogP contribution in [0.5, 0.6) is 0 Å². The minimum Gasteiger partial charge on any atom is -0.386 e. The van der Waals surface area contributed by atoms with E-state index >= 15 is 0 Å². The lowest BCUT2D eigenvalue weighted by Crippen LogP contribution is -2.54. The van der Waals surface area contributed by atoms with E-state index in [4.69, 9.17) is 5.73 Å². The molecule has 1 unspecified atom stereocenters. The Kier molecular flexibility index (Phi) is 3.91. The first-order valence-corrected chi connectivity index (χ1v) is 11.0. The number of rotatable bonds is 2. The third-order valence-electron chi connectivity index (χ3n) is 5.08. The van der Waals surface area contributed by atoms with E-state index in [0.717, 1.165) is 21.3 Å². The summed E-state index contributed by atoms with van der Waals surface area (Å²) in [6.45, 7) is 4.98. The van der Waals surface area contributed by atoms with Gasteiger partial charge in [-0.15, -0.1) is 11.3 Å². The first-order valence-electron chi connectivity index (χ1n) is 8.52. The largest absolute Gasteiger partial charge is 0.386 e. The van der Waals surface area contributed by atoms with Gasteiger partial charge >= 0.3 is 0 Å². The first kappa shape index (κ1) is 18.1. The van der Waals surface area contributed by atoms with E-state index in [-0.39, 0.29) is 11.6 Å². The van der Waals surface area contributed by atoms with Crippen LogP contribution in [0.3, 0.4) is 0 Å². The number of fused-ring (bicyclic) bond motifs is 1. The van der Waals surface area contributed by atoms with Crippen LogP contribution in [0.2, 0.25) is 0 Å². The summed E-state index contributed by atoms with van der Waals surface area (Å²) < 4.78 is 25.4. The van der Waals surface area contributed by atoms with E-state index < -0.39 is 20.1 Å². The fourth-order valence-electron chi connectivity index (χ4n) is 3.12. The number of hydrogen-bond donors (Lipinski definition) is 1. The van der Waals surface area contributed by atoms with Crippen molar-refractivity contribution in [3.05, 3.63) is 47.7 Å². The fourth-order valence-corrected chi connectivity index (χ4v) is 5.97. The molecule has 0 spiro atoms. The van der Waals surface area contributed by atoms with Gasteiger partial charge in [0.2, 0.25) is 0 Å². The van der Waals surface area contributed by atoms with Crippen molar-refractivity contribution in [1.82, 2.24) is 9.97 Å². The monoisotopic (exact) mass is 400 g/mol. The first-order chi connectivity index (χ1) is 12.6. The van der Waals surface area contributed by atoms with Crippen molar-refractivity contribution < 1.29 is 8.42 Å². The van der Waals surface area contributed by atoms with Gasteiger partial charge in [-0.05, 0) is 44.5 Å². The predicted molar refractivity (Wildman–Crippen MR) is 110 cm³/mol. The van der Waals surface area contributed by atoms with Crippen LogP contribution < -0.4 is 5.73 Å². The highest BCUT2D eigenvalue weighted by Crippen LogP contribution is 2.40. The summed E-state index contributed by atoms with van der Waals surface area (Å²) in [6.07, 6.45) is 3.55. The highest BCUT2D eigenvalue weighted by molar-refractivity contribution is 7.93. The van der Waals surface area contributed by atoms with Crippen molar-refractivity contribution >= 4 is 37.2 Å². The molecule has 1 atom stereocenters. The molecule has 0 fully saturated rings. The topological polar surface area (TPSA) is 98.3 Å². The number of pyridine rings is 1. The predicted octanol–water partition coefficient (Wildman–Crippen LogP) is 3.14. The normalized spacial score (nSPS) is 23.9. The van der Waals surface area contributed by atoms with Crippen molar-refractivity contribution in [2.24, 2.45) is 10.7 Å². The lowest BCUT2D eigenvalue weighted by atomic mass is 10.1. The fraction of sp³-hybridized carbons (Fsp3) is 0.316. The van der Waals surface area contributed by atoms with Crippen molar-refractivity contribution in [2.45, 2.75) is 31.1 Å². The molecule has 0 amide bonds. The zero-order chi connectivity index (χ0) is 19.4. The minimum absolute atomic E-state index is 0.108. The van der Waals surface area contributed by atoms with E-state index in [0.29, 0.717) is 5.01 Å². The van der Waals surface area contributed by atoms with E-state index in [1.807, 2.05) is 36.5 Å². The summed E-state index contributed by atoms with van der Waals surface area (Å²) in [5.41, 5.74) is 7.94. The average Bonchev–Trinajstić information content (AvgIpc) is 3.05. The zero-order valence-corrected chi connectivity index (χ0v) is 16.9. The molecule has 0 radical (unpaired) electrons. The smallest absolute Gasteiger partial charge is 0.165 e. The van der Waals surface area contributed by atoms with Gasteiger partial charge in [0.25, 0.3) is 0 Å². The Bertz CT molecular complexity index is 1170. The average molecular weight is 401 g/mol. The number of aliphatic imine (C=N–C) groups is 1. The number of aromatic nitrogens is 2. The molecule has 4 rings (SSSR count). The maximum Gasteiger partial charge on any atom is 0.165 e. The quantitative estimate of drug-likeness (QED) is 0.712. The summed E-state index contributed by atoms with van der Waals surface area (Å²) in [5, 5.41) is 0.655. The van der Waals surface area contributed by atoms with Crippen LogP contribution in [0, 0.1) is 0 Å². The van der Waals surface area contributed by atoms with Gasteiger partial charge < -0.3 is 5.73 Å². The molecule has 1 aliphatic rings. The lowest BCUT2D eigenvalue weighted by Gasteiger charge is -2.36. The molecule has 2 aromatic heterocycles. The van der Waals surface area contributed by atoms with E-state index in [1.54, 1.807) is 27.0 Å². The summed E-state index contributed by atoms with van der Waals surface area (Å²) in [7, 11) is -3.45. The molecule has 1 aromatic carbocycles. The molecule has 0 saturated carbocycles. The van der Waals surface area contributed by atoms with Crippen LogP contribution in [0.15, 0.2) is 47.7 Å². The summed E-state index contributed by atoms with van der Waals surface area (Å²) >= 11 is 1.46. The molecule has 3 aromatic rings. The molecular formula is C19H20N4O2S2. The Morgan fingerprint density at radius 1 is 1.15 bits per heavy atom. The highest BCUT2D eigenvalue weighted by Gasteiger charge is 2.49. The Morgan fingerprint density at radius 3 is 2.59 bits per heavy atom. The second-order valence-corrected chi connectivity index (χ2v) is 11.1. The standard InChI is InChI=1S/C19H20N4O2S2/c1-18(2)16(20)23-19(3,11-27(18,24)25)17-22-14-7-6-12(9-15(14)26-17)13-5-4-8-21-10-13/h4-10H,11H2,1-3H3,(H2,20,23). The van der Waals surface area contributed by atoms with Gasteiger partial charge in [0.1, 0.15) is 21.1 Å². The van der Waals surface area contributed by atoms with Crippen LogP contribution in [0.25, 0.3) is 21.3 Å². The Balaban J connectivity index is 1.82. The number of thiazole rings is 1. The second kappa shape index (κ2) is 5.84. The van der Waals surface area contributed by atoms with Crippen molar-refractivity contribution in [3.63, 3.8) is 0 Å². The number of nitrogens with two attached hydrogens (primary N) is 1. The Labute approximate surface area is 162 Å². The van der Waals surface area contributed by atoms with Crippen LogP contribution in [-0.4, -0.2) is 34.7 Å². The van der Waals surface area contributed by atoms with Gasteiger partial charge in [-0.25, -0.2) is 13.4 Å². The third-order valence-corrected chi connectivity index (χ3v) is 9.05. The molecule has 0 aliphatic carbocycles. The highest BCUT2D eigenvalue weighted by atomic mass is 32.2. The van der Waals surface area contributed by atoms with E-state index in [9.17, 15) is 8.42 Å². The molecule has 1 aliphatic heterocycles. The summed E-state index contributed by atoms with van der Waals surface area (Å²) in [4.78, 5) is 13.4. The van der Waals surface area contributed by atoms with Gasteiger partial charge in [-0.2, -0.15) is 0 Å². The van der Waals surface area contributed by atoms with Crippen molar-refractivity contribution in [2.75, 3.05) is 5.75 Å². The van der Waals surface area contributed by atoms with Gasteiger partial charge in [-0.1, -0.05) is 12.1 Å². The number of amidine groups is 1. The van der Waals surface area contributed by atoms with Crippen LogP contribution in [-0.2, 0) is 15.4 Å². The van der Waals surface area contributed by atoms with Gasteiger partial charge in [0, 0.05) is 18.0 Å². The van der Waals surface area contributed by atoms with Gasteiger partial charge in [0.15, 0.2) is 9.84 Å². The van der Waals surface area contributed by atoms with Gasteiger partial charge in [-0.3, -0.25) is 9.98 Å². The molecule has 27 heavy (non-hydrogen) atoms. The van der Waals surface area contributed by atoms with Crippen LogP contribution in [0.4, 0.5) is 0 Å². The third kappa shape index (κ3) is 2.83. The van der Waals surface area contributed by atoms with E-state index in [1.165, 1.54) is 11.3 Å². The molecule has 0 saturated heterocycles. The van der Waals surface area contributed by atoms with Gasteiger partial charge in [0.05, 0.1) is 16.0 Å². The molecule has 140 valence electrons. The number of hydrogen-bond acceptors (Lipinski definition) is 7. The van der Waals surface area contributed by atoms with Crippen molar-refractivity contribution in [3.8, 4) is 11.1 Å². The Hall–Kier alpha value is -2.32. The maximum atomic E-state index is 12.8. The summed E-state index contributed by atoms with van der Waals surface area (Å²) in [6, 6.07) is 9.87. The Morgan fingerprint density at radius 2 is 1.93 bits per heavy atom. The van der Waals surface area contributed by atoms with Crippen LogP contribution in [0.1, 0.15) is 25.8 Å². The zero-order valence-electron chi connectivity index (χ0n) is 15.3. The van der Waals surface area contributed by atoms with E-state index in [2.05, 4.69) is 15.0 Å². The molecule has 8 heteroatoms. The van der Waals surface area contributed by atoms with Crippen LogP contribution >= 0.6 is 11.3 Å². The summed E-state index contributed by atoms with van der Waals surface area (Å²) in [5.74, 6) is 0.0229. The van der Waals surface area contributed by atoms with Crippen molar-refractivity contribution in [1.29, 1.82) is 0 Å². The SMILES string of the molecule is CC1(c2nc3ccc(-c4cccnc4)cc3s2)CS(=O)(=O)C(C)(C)C(N)=N1. The lowest BCUT2D eigenvalue weighted by molar-refractivity contribution is 0.500. The molecular weight excluding hydrogens is 380 g/mol. The number of nitrogens with zero attached hydrogens (tertiary/aromatic N) is 3.